The van der Waals surface area contributed by atoms with Crippen LogP contribution in [0.5, 0.6) is 0 Å². The summed E-state index contributed by atoms with van der Waals surface area (Å²) in [5.41, 5.74) is 3.93. The third-order valence-corrected chi connectivity index (χ3v) is 6.15. The number of carbonyl (C=O) groups excluding carboxylic acids is 1. The minimum Gasteiger partial charge on any atom is -0.342 e. The molecule has 4 nitrogen and oxygen atoms in total. The number of carbonyl (C=O) groups is 1. The molecule has 0 amide bonds. The van der Waals surface area contributed by atoms with Crippen molar-refractivity contribution >= 4 is 16.7 Å². The van der Waals surface area contributed by atoms with Crippen molar-refractivity contribution in [3.8, 4) is 11.1 Å². The second kappa shape index (κ2) is 7.65. The number of halogens is 3. The van der Waals surface area contributed by atoms with Gasteiger partial charge in [0.1, 0.15) is 5.82 Å². The molecular formula is C25H22F3N3O. The van der Waals surface area contributed by atoms with Crippen LogP contribution in [0.4, 0.5) is 13.2 Å². The molecule has 0 N–H and O–H groups in total. The summed E-state index contributed by atoms with van der Waals surface area (Å²) in [4.78, 5) is 12.9. The number of nitrogens with zero attached hydrogens (tertiary/aromatic N) is 3. The van der Waals surface area contributed by atoms with Crippen LogP contribution in [-0.4, -0.2) is 26.1 Å². The van der Waals surface area contributed by atoms with Crippen LogP contribution in [0.25, 0.3) is 22.0 Å². The highest BCUT2D eigenvalue weighted by atomic mass is 19.3. The monoisotopic (exact) mass is 437 g/mol. The fourth-order valence-electron chi connectivity index (χ4n) is 4.52. The van der Waals surface area contributed by atoms with Gasteiger partial charge in [-0.05, 0) is 29.2 Å². The molecule has 1 fully saturated rings. The van der Waals surface area contributed by atoms with Gasteiger partial charge in [0, 0.05) is 61.8 Å². The fourth-order valence-corrected chi connectivity index (χ4v) is 4.52. The largest absolute Gasteiger partial charge is 0.342 e. The van der Waals surface area contributed by atoms with E-state index in [4.69, 9.17) is 0 Å². The summed E-state index contributed by atoms with van der Waals surface area (Å²) in [6.07, 6.45) is 4.86. The lowest BCUT2D eigenvalue weighted by molar-refractivity contribution is -0.109. The van der Waals surface area contributed by atoms with E-state index < -0.39 is 11.7 Å². The number of Topliss-reactive ketones (excluding diaryl/α,β-unsaturated/α-hetero) is 1. The zero-order valence-electron chi connectivity index (χ0n) is 17.6. The van der Waals surface area contributed by atoms with Crippen LogP contribution < -0.4 is 0 Å². The van der Waals surface area contributed by atoms with Crippen LogP contribution in [0.15, 0.2) is 61.1 Å². The molecule has 5 rings (SSSR count). The van der Waals surface area contributed by atoms with Gasteiger partial charge in [-0.25, -0.2) is 13.2 Å². The molecule has 1 aliphatic rings. The van der Waals surface area contributed by atoms with E-state index in [0.29, 0.717) is 12.1 Å². The number of hydrogen-bond donors (Lipinski definition) is 0. The fraction of sp³-hybridized carbons (Fsp3) is 0.280. The SMILES string of the molecule is Cn1cc(-c2ccc(Cn3cc(C(=O)CC4CC(F)(F)C4)c4c(F)cccc43)cc2)cn1. The van der Waals surface area contributed by atoms with Crippen molar-refractivity contribution in [2.45, 2.75) is 31.7 Å². The average Bonchev–Trinajstić information content (AvgIpc) is 3.32. The van der Waals surface area contributed by atoms with Crippen LogP contribution in [0.1, 0.15) is 35.2 Å². The van der Waals surface area contributed by atoms with Gasteiger partial charge in [0.15, 0.2) is 5.78 Å². The zero-order chi connectivity index (χ0) is 22.5. The van der Waals surface area contributed by atoms with E-state index in [0.717, 1.165) is 16.7 Å². The Kier molecular flexibility index (Phi) is 4.92. The van der Waals surface area contributed by atoms with Gasteiger partial charge in [-0.2, -0.15) is 5.10 Å². The highest BCUT2D eigenvalue weighted by molar-refractivity contribution is 6.08. The van der Waals surface area contributed by atoms with Crippen molar-refractivity contribution in [3.05, 3.63) is 78.0 Å². The Morgan fingerprint density at radius 2 is 1.84 bits per heavy atom. The number of benzene rings is 2. The van der Waals surface area contributed by atoms with E-state index in [1.165, 1.54) is 6.07 Å². The smallest absolute Gasteiger partial charge is 0.248 e. The zero-order valence-corrected chi connectivity index (χ0v) is 17.6. The Labute approximate surface area is 183 Å². The minimum absolute atomic E-state index is 0.0167. The first-order valence-corrected chi connectivity index (χ1v) is 10.6. The molecule has 4 aromatic rings. The predicted octanol–water partition coefficient (Wildman–Crippen LogP) is 5.85. The van der Waals surface area contributed by atoms with Crippen molar-refractivity contribution in [2.75, 3.05) is 0 Å². The van der Waals surface area contributed by atoms with E-state index in [2.05, 4.69) is 5.10 Å². The topological polar surface area (TPSA) is 39.8 Å². The molecule has 0 spiro atoms. The molecule has 2 aromatic carbocycles. The third kappa shape index (κ3) is 3.83. The molecule has 0 unspecified atom stereocenters. The van der Waals surface area contributed by atoms with Crippen molar-refractivity contribution < 1.29 is 18.0 Å². The first-order chi connectivity index (χ1) is 15.3. The number of aryl methyl sites for hydroxylation is 1. The van der Waals surface area contributed by atoms with Gasteiger partial charge in [0.25, 0.3) is 0 Å². The van der Waals surface area contributed by atoms with Gasteiger partial charge in [0.2, 0.25) is 5.92 Å². The van der Waals surface area contributed by atoms with E-state index in [9.17, 15) is 18.0 Å². The van der Waals surface area contributed by atoms with E-state index >= 15 is 0 Å². The highest BCUT2D eigenvalue weighted by Gasteiger charge is 2.45. The van der Waals surface area contributed by atoms with E-state index in [1.54, 1.807) is 29.2 Å². The Bertz CT molecular complexity index is 1300. The van der Waals surface area contributed by atoms with Gasteiger partial charge < -0.3 is 4.57 Å². The van der Waals surface area contributed by atoms with Gasteiger partial charge in [-0.3, -0.25) is 9.48 Å². The van der Waals surface area contributed by atoms with Gasteiger partial charge in [-0.15, -0.1) is 0 Å². The van der Waals surface area contributed by atoms with E-state index in [-0.39, 0.29) is 41.9 Å². The molecule has 2 heterocycles. The lowest BCUT2D eigenvalue weighted by atomic mass is 9.77. The normalized spacial score (nSPS) is 15.8. The highest BCUT2D eigenvalue weighted by Crippen LogP contribution is 2.44. The summed E-state index contributed by atoms with van der Waals surface area (Å²) >= 11 is 0. The van der Waals surface area contributed by atoms with Gasteiger partial charge in [0.05, 0.1) is 11.7 Å². The molecule has 32 heavy (non-hydrogen) atoms. The maximum atomic E-state index is 14.7. The van der Waals surface area contributed by atoms with Crippen LogP contribution in [0.2, 0.25) is 0 Å². The third-order valence-electron chi connectivity index (χ3n) is 6.15. The van der Waals surface area contributed by atoms with E-state index in [1.807, 2.05) is 42.1 Å². The van der Waals surface area contributed by atoms with Crippen LogP contribution in [-0.2, 0) is 13.6 Å². The average molecular weight is 437 g/mol. The molecule has 164 valence electrons. The summed E-state index contributed by atoms with van der Waals surface area (Å²) < 4.78 is 44.6. The molecule has 7 heteroatoms. The van der Waals surface area contributed by atoms with Gasteiger partial charge >= 0.3 is 0 Å². The number of ketones is 1. The minimum atomic E-state index is -2.67. The van der Waals surface area contributed by atoms with Crippen molar-refractivity contribution in [3.63, 3.8) is 0 Å². The molecule has 0 radical (unpaired) electrons. The first-order valence-electron chi connectivity index (χ1n) is 10.6. The summed E-state index contributed by atoms with van der Waals surface area (Å²) in [5, 5.41) is 4.45. The Morgan fingerprint density at radius 3 is 2.50 bits per heavy atom. The molecule has 0 atom stereocenters. The first kappa shape index (κ1) is 20.5. The van der Waals surface area contributed by atoms with Crippen molar-refractivity contribution in [1.82, 2.24) is 14.3 Å². The van der Waals surface area contributed by atoms with Crippen LogP contribution in [0.3, 0.4) is 0 Å². The predicted molar refractivity (Wildman–Crippen MR) is 116 cm³/mol. The molecular weight excluding hydrogens is 415 g/mol. The molecule has 0 saturated heterocycles. The number of rotatable bonds is 6. The summed E-state index contributed by atoms with van der Waals surface area (Å²) in [6.45, 7) is 0.460. The maximum Gasteiger partial charge on any atom is 0.248 e. The van der Waals surface area contributed by atoms with Crippen LogP contribution >= 0.6 is 0 Å². The van der Waals surface area contributed by atoms with Crippen molar-refractivity contribution in [1.29, 1.82) is 0 Å². The Balaban J connectivity index is 1.42. The Hall–Kier alpha value is -3.35. The van der Waals surface area contributed by atoms with Crippen molar-refractivity contribution in [2.24, 2.45) is 13.0 Å². The summed E-state index contributed by atoms with van der Waals surface area (Å²) in [6, 6.07) is 12.7. The summed E-state index contributed by atoms with van der Waals surface area (Å²) in [5.74, 6) is -3.78. The number of aromatic nitrogens is 3. The molecule has 0 bridgehead atoms. The quantitative estimate of drug-likeness (QED) is 0.355. The molecule has 1 saturated carbocycles. The number of alkyl halides is 2. The van der Waals surface area contributed by atoms with Crippen LogP contribution in [0, 0.1) is 11.7 Å². The van der Waals surface area contributed by atoms with Gasteiger partial charge in [-0.1, -0.05) is 30.3 Å². The lowest BCUT2D eigenvalue weighted by Crippen LogP contribution is -2.36. The molecule has 0 aliphatic heterocycles. The number of hydrogen-bond acceptors (Lipinski definition) is 2. The lowest BCUT2D eigenvalue weighted by Gasteiger charge is -2.34. The second-order valence-electron chi connectivity index (χ2n) is 8.66. The second-order valence-corrected chi connectivity index (χ2v) is 8.66. The maximum absolute atomic E-state index is 14.7. The molecule has 2 aromatic heterocycles. The Morgan fingerprint density at radius 1 is 1.09 bits per heavy atom. The standard InChI is InChI=1S/C25H22F3N3O/c1-30-14-19(12-29-30)18-7-5-16(6-8-18)13-31-15-20(24-21(26)3-2-4-22(24)31)23(32)9-17-10-25(27,28)11-17/h2-8,12,14-15,17H,9-11,13H2,1H3. The molecule has 1 aliphatic carbocycles. The summed E-state index contributed by atoms with van der Waals surface area (Å²) in [7, 11) is 1.86. The number of fused-ring (bicyclic) bond motifs is 1.